The molecule has 0 fully saturated rings. The molecule has 1 atom stereocenters. The smallest absolute Gasteiger partial charge is 0.341 e. The summed E-state index contributed by atoms with van der Waals surface area (Å²) in [7, 11) is -1.29. The second-order valence-corrected chi connectivity index (χ2v) is 13.5. The fourth-order valence-electron chi connectivity index (χ4n) is 2.39. The molecule has 0 aromatic rings. The SMILES string of the molecule is CCOCOC1=C(C(=O)OCC[Si](C)(C)C)C(C)=C(Cl)C(OCOCC)C1. The normalized spacial score (nSPS) is 18.1. The molecule has 1 aliphatic carbocycles. The van der Waals surface area contributed by atoms with Crippen molar-refractivity contribution in [1.29, 1.82) is 0 Å². The molecule has 0 saturated heterocycles. The number of ether oxygens (including phenoxy) is 5. The molecular formula is C19H33ClO6Si. The molecular weight excluding hydrogens is 388 g/mol. The van der Waals surface area contributed by atoms with E-state index in [1.54, 1.807) is 6.92 Å². The van der Waals surface area contributed by atoms with E-state index in [-0.39, 0.29) is 13.6 Å². The zero-order valence-corrected chi connectivity index (χ0v) is 19.1. The summed E-state index contributed by atoms with van der Waals surface area (Å²) in [5.41, 5.74) is 0.973. The molecule has 0 bridgehead atoms. The predicted molar refractivity (Wildman–Crippen MR) is 108 cm³/mol. The van der Waals surface area contributed by atoms with Gasteiger partial charge in [-0.05, 0) is 32.4 Å². The highest BCUT2D eigenvalue weighted by atomic mass is 35.5. The summed E-state index contributed by atoms with van der Waals surface area (Å²) >= 11 is 6.46. The Labute approximate surface area is 168 Å². The van der Waals surface area contributed by atoms with E-state index >= 15 is 0 Å². The van der Waals surface area contributed by atoms with E-state index in [0.717, 1.165) is 6.04 Å². The highest BCUT2D eigenvalue weighted by Crippen LogP contribution is 2.35. The molecule has 0 N–H and O–H groups in total. The lowest BCUT2D eigenvalue weighted by molar-refractivity contribution is -0.138. The third-order valence-corrected chi connectivity index (χ3v) is 6.26. The number of rotatable bonds is 12. The van der Waals surface area contributed by atoms with E-state index in [1.807, 2.05) is 13.8 Å². The fourth-order valence-corrected chi connectivity index (χ4v) is 3.34. The monoisotopic (exact) mass is 420 g/mol. The molecule has 0 amide bonds. The lowest BCUT2D eigenvalue weighted by Crippen LogP contribution is -2.27. The number of carbonyl (C=O) groups excluding carboxylic acids is 1. The molecule has 6 nitrogen and oxygen atoms in total. The van der Waals surface area contributed by atoms with Crippen LogP contribution in [0.3, 0.4) is 0 Å². The van der Waals surface area contributed by atoms with E-state index in [9.17, 15) is 4.79 Å². The molecule has 0 spiro atoms. The number of hydrogen-bond donors (Lipinski definition) is 0. The Morgan fingerprint density at radius 3 is 2.37 bits per heavy atom. The standard InChI is InChI=1S/C19H33ClO6Si/c1-7-22-12-25-15-11-16(26-13-23-8-2)18(20)14(3)17(15)19(21)24-9-10-27(4,5)6/h16H,7-13H2,1-6H3. The van der Waals surface area contributed by atoms with Crippen molar-refractivity contribution in [2.24, 2.45) is 0 Å². The highest BCUT2D eigenvalue weighted by molar-refractivity contribution is 6.76. The Bertz CT molecular complexity index is 553. The number of esters is 1. The van der Waals surface area contributed by atoms with Gasteiger partial charge in [0.1, 0.15) is 24.2 Å². The van der Waals surface area contributed by atoms with Crippen molar-refractivity contribution in [1.82, 2.24) is 0 Å². The van der Waals surface area contributed by atoms with E-state index < -0.39 is 20.1 Å². The Morgan fingerprint density at radius 1 is 1.15 bits per heavy atom. The van der Waals surface area contributed by atoms with Crippen LogP contribution < -0.4 is 0 Å². The van der Waals surface area contributed by atoms with Gasteiger partial charge in [-0.2, -0.15) is 0 Å². The lowest BCUT2D eigenvalue weighted by Gasteiger charge is -2.27. The minimum Gasteiger partial charge on any atom is -0.471 e. The maximum absolute atomic E-state index is 12.7. The third kappa shape index (κ3) is 8.35. The molecule has 1 unspecified atom stereocenters. The second-order valence-electron chi connectivity index (χ2n) is 7.44. The number of carbonyl (C=O) groups is 1. The van der Waals surface area contributed by atoms with Crippen molar-refractivity contribution >= 4 is 25.6 Å². The summed E-state index contributed by atoms with van der Waals surface area (Å²) in [5, 5.41) is 0.468. The molecule has 0 aromatic heterocycles. The summed E-state index contributed by atoms with van der Waals surface area (Å²) < 4.78 is 27.4. The van der Waals surface area contributed by atoms with Crippen LogP contribution in [0.1, 0.15) is 27.2 Å². The summed E-state index contributed by atoms with van der Waals surface area (Å²) in [4.78, 5) is 12.7. The summed E-state index contributed by atoms with van der Waals surface area (Å²) in [6, 6.07) is 0.901. The minimum atomic E-state index is -1.29. The van der Waals surface area contributed by atoms with Gasteiger partial charge in [-0.25, -0.2) is 4.79 Å². The largest absolute Gasteiger partial charge is 0.471 e. The van der Waals surface area contributed by atoms with Gasteiger partial charge in [0, 0.05) is 27.7 Å². The number of hydrogen-bond acceptors (Lipinski definition) is 6. The van der Waals surface area contributed by atoms with Crippen molar-refractivity contribution in [3.8, 4) is 0 Å². The van der Waals surface area contributed by atoms with Crippen LogP contribution in [0, 0.1) is 0 Å². The quantitative estimate of drug-likeness (QED) is 0.201. The summed E-state index contributed by atoms with van der Waals surface area (Å²) in [5.74, 6) is 0.0588. The first-order chi connectivity index (χ1) is 12.7. The maximum Gasteiger partial charge on any atom is 0.341 e. The van der Waals surface area contributed by atoms with Gasteiger partial charge < -0.3 is 23.7 Å². The van der Waals surface area contributed by atoms with Crippen LogP contribution in [-0.4, -0.2) is 53.6 Å². The Balaban J connectivity index is 2.94. The van der Waals surface area contributed by atoms with Crippen molar-refractivity contribution in [3.05, 3.63) is 21.9 Å². The van der Waals surface area contributed by atoms with Gasteiger partial charge in [0.05, 0.1) is 11.6 Å². The second kappa shape index (κ2) is 11.9. The van der Waals surface area contributed by atoms with E-state index in [0.29, 0.717) is 48.2 Å². The van der Waals surface area contributed by atoms with Gasteiger partial charge in [0.2, 0.25) is 0 Å². The van der Waals surface area contributed by atoms with Crippen LogP contribution in [0.4, 0.5) is 0 Å². The van der Waals surface area contributed by atoms with Crippen LogP contribution in [0.15, 0.2) is 21.9 Å². The molecule has 8 heteroatoms. The van der Waals surface area contributed by atoms with Crippen molar-refractivity contribution in [2.45, 2.75) is 59.0 Å². The van der Waals surface area contributed by atoms with Crippen molar-refractivity contribution in [2.75, 3.05) is 33.4 Å². The molecule has 0 aromatic carbocycles. The molecule has 0 radical (unpaired) electrons. The molecule has 156 valence electrons. The molecule has 27 heavy (non-hydrogen) atoms. The zero-order valence-electron chi connectivity index (χ0n) is 17.4. The van der Waals surface area contributed by atoms with Crippen LogP contribution >= 0.6 is 11.6 Å². The molecule has 0 aliphatic heterocycles. The first-order valence-electron chi connectivity index (χ1n) is 9.38. The van der Waals surface area contributed by atoms with E-state index in [1.165, 1.54) is 0 Å². The molecule has 0 saturated carbocycles. The average Bonchev–Trinajstić information content (AvgIpc) is 2.58. The highest BCUT2D eigenvalue weighted by Gasteiger charge is 2.33. The Kier molecular flexibility index (Phi) is 10.6. The molecule has 0 heterocycles. The van der Waals surface area contributed by atoms with Gasteiger partial charge in [0.15, 0.2) is 6.79 Å². The maximum atomic E-state index is 12.7. The topological polar surface area (TPSA) is 63.2 Å². The lowest BCUT2D eigenvalue weighted by atomic mass is 9.95. The fraction of sp³-hybridized carbons (Fsp3) is 0.737. The molecule has 1 aliphatic rings. The molecule has 1 rings (SSSR count). The third-order valence-electron chi connectivity index (χ3n) is 4.03. The van der Waals surface area contributed by atoms with Crippen LogP contribution in [0.25, 0.3) is 0 Å². The Hall–Kier alpha value is -0.863. The summed E-state index contributed by atoms with van der Waals surface area (Å²) in [6.07, 6.45) is -0.0946. The Morgan fingerprint density at radius 2 is 1.78 bits per heavy atom. The van der Waals surface area contributed by atoms with Gasteiger partial charge in [-0.3, -0.25) is 0 Å². The van der Waals surface area contributed by atoms with E-state index in [4.69, 9.17) is 35.3 Å². The van der Waals surface area contributed by atoms with Gasteiger partial charge >= 0.3 is 5.97 Å². The number of halogens is 1. The van der Waals surface area contributed by atoms with Crippen molar-refractivity contribution < 1.29 is 28.5 Å². The van der Waals surface area contributed by atoms with Crippen LogP contribution in [0.5, 0.6) is 0 Å². The van der Waals surface area contributed by atoms with Gasteiger partial charge in [-0.1, -0.05) is 31.2 Å². The first-order valence-corrected chi connectivity index (χ1v) is 13.5. The van der Waals surface area contributed by atoms with Gasteiger partial charge in [0.25, 0.3) is 0 Å². The van der Waals surface area contributed by atoms with Gasteiger partial charge in [-0.15, -0.1) is 0 Å². The first kappa shape index (κ1) is 24.2. The van der Waals surface area contributed by atoms with E-state index in [2.05, 4.69) is 19.6 Å². The van der Waals surface area contributed by atoms with Crippen LogP contribution in [0.2, 0.25) is 25.7 Å². The van der Waals surface area contributed by atoms with Crippen LogP contribution in [-0.2, 0) is 28.5 Å². The zero-order chi connectivity index (χ0) is 20.4. The predicted octanol–water partition coefficient (Wildman–Crippen LogP) is 4.43. The average molecular weight is 421 g/mol. The minimum absolute atomic E-state index is 0.0561. The van der Waals surface area contributed by atoms with Crippen molar-refractivity contribution in [3.63, 3.8) is 0 Å². The summed E-state index contributed by atoms with van der Waals surface area (Å²) in [6.45, 7) is 13.9.